The van der Waals surface area contributed by atoms with Gasteiger partial charge in [-0.05, 0) is 80.2 Å². The van der Waals surface area contributed by atoms with Crippen molar-refractivity contribution in [1.29, 1.82) is 0 Å². The molecule has 1 aliphatic heterocycles. The summed E-state index contributed by atoms with van der Waals surface area (Å²) in [5, 5.41) is 20.3. The van der Waals surface area contributed by atoms with E-state index in [0.717, 1.165) is 32.1 Å². The maximum atomic E-state index is 14.2. The number of carbonyl (C=O) groups excluding carboxylic acids is 2. The second kappa shape index (κ2) is 7.45. The van der Waals surface area contributed by atoms with Crippen LogP contribution in [0.2, 0.25) is 0 Å². The normalized spacial score (nSPS) is 43.2. The number of phenols is 1. The van der Waals surface area contributed by atoms with Crippen LogP contribution in [0.1, 0.15) is 66.2 Å². The minimum Gasteiger partial charge on any atom is -0.508 e. The Bertz CT molecular complexity index is 1200. The molecule has 0 radical (unpaired) electrons. The highest BCUT2D eigenvalue weighted by Gasteiger charge is 2.73. The van der Waals surface area contributed by atoms with Gasteiger partial charge < -0.3 is 10.2 Å². The fourth-order valence-electron chi connectivity index (χ4n) is 9.84. The number of hydrogen-bond acceptors (Lipinski definition) is 4. The zero-order valence-corrected chi connectivity index (χ0v) is 21.7. The molecule has 6 aliphatic rings. The number of carboxylic acid groups (broad SMARTS) is 1. The summed E-state index contributed by atoms with van der Waals surface area (Å²) in [4.78, 5) is 42.0. The van der Waals surface area contributed by atoms with Gasteiger partial charge in [-0.15, -0.1) is 0 Å². The van der Waals surface area contributed by atoms with Crippen molar-refractivity contribution in [2.24, 2.45) is 51.8 Å². The number of fused-ring (bicyclic) bond motifs is 1. The largest absolute Gasteiger partial charge is 0.508 e. The van der Waals surface area contributed by atoms with Crippen LogP contribution in [0.15, 0.2) is 35.9 Å². The van der Waals surface area contributed by atoms with Crippen LogP contribution in [0.4, 0.5) is 5.69 Å². The Morgan fingerprint density at radius 3 is 2.50 bits per heavy atom. The number of imide groups is 1. The molecule has 1 aromatic rings. The van der Waals surface area contributed by atoms with Crippen molar-refractivity contribution in [2.45, 2.75) is 66.2 Å². The number of amides is 2. The molecule has 2 bridgehead atoms. The van der Waals surface area contributed by atoms with E-state index in [1.165, 1.54) is 16.5 Å². The molecule has 8 atom stereocenters. The van der Waals surface area contributed by atoms with Crippen LogP contribution in [-0.2, 0) is 14.4 Å². The molecule has 6 heteroatoms. The quantitative estimate of drug-likeness (QED) is 0.436. The minimum atomic E-state index is -0.752. The molecule has 36 heavy (non-hydrogen) atoms. The number of phenolic OH excluding ortho intramolecular Hbond substituents is 1. The number of benzene rings is 1. The van der Waals surface area contributed by atoms with Gasteiger partial charge in [0.05, 0.1) is 22.9 Å². The molecule has 6 nitrogen and oxygen atoms in total. The molecule has 0 unspecified atom stereocenters. The van der Waals surface area contributed by atoms with Crippen molar-refractivity contribution < 1.29 is 24.6 Å². The van der Waals surface area contributed by atoms with Crippen LogP contribution in [0.5, 0.6) is 5.75 Å². The Hall–Kier alpha value is -2.63. The highest BCUT2D eigenvalue weighted by Crippen LogP contribution is 2.74. The van der Waals surface area contributed by atoms with E-state index >= 15 is 0 Å². The van der Waals surface area contributed by atoms with Crippen molar-refractivity contribution in [3.05, 3.63) is 35.9 Å². The Labute approximate surface area is 212 Å². The third kappa shape index (κ3) is 2.76. The molecule has 1 spiro atoms. The summed E-state index contributed by atoms with van der Waals surface area (Å²) in [7, 11) is 0. The van der Waals surface area contributed by atoms with E-state index in [2.05, 4.69) is 26.8 Å². The van der Waals surface area contributed by atoms with Gasteiger partial charge in [0.1, 0.15) is 5.75 Å². The van der Waals surface area contributed by atoms with Gasteiger partial charge in [0, 0.05) is 11.5 Å². The van der Waals surface area contributed by atoms with Crippen LogP contribution in [-0.4, -0.2) is 28.0 Å². The number of anilines is 1. The van der Waals surface area contributed by atoms with Gasteiger partial charge >= 0.3 is 5.97 Å². The lowest BCUT2D eigenvalue weighted by Gasteiger charge is -2.68. The highest BCUT2D eigenvalue weighted by atomic mass is 16.4. The Morgan fingerprint density at radius 2 is 1.83 bits per heavy atom. The first-order chi connectivity index (χ1) is 17.0. The van der Waals surface area contributed by atoms with Gasteiger partial charge in [-0.1, -0.05) is 44.9 Å². The molecule has 3 saturated carbocycles. The van der Waals surface area contributed by atoms with Gasteiger partial charge in [0.25, 0.3) is 0 Å². The molecule has 2 N–H and O–H groups in total. The maximum Gasteiger partial charge on any atom is 0.309 e. The lowest BCUT2D eigenvalue weighted by Crippen LogP contribution is -2.65. The smallest absolute Gasteiger partial charge is 0.309 e. The van der Waals surface area contributed by atoms with Crippen molar-refractivity contribution in [3.63, 3.8) is 0 Å². The van der Waals surface area contributed by atoms with Gasteiger partial charge in [-0.25, -0.2) is 4.90 Å². The van der Waals surface area contributed by atoms with Crippen molar-refractivity contribution >= 4 is 23.5 Å². The molecule has 1 heterocycles. The zero-order valence-electron chi connectivity index (χ0n) is 21.7. The van der Waals surface area contributed by atoms with Crippen LogP contribution < -0.4 is 4.90 Å². The van der Waals surface area contributed by atoms with E-state index in [1.807, 2.05) is 6.92 Å². The second-order valence-electron chi connectivity index (χ2n) is 13.0. The number of carboxylic acids is 1. The number of aliphatic carboxylic acids is 1. The molecule has 7 rings (SSSR count). The molecular weight excluding hydrogens is 454 g/mol. The second-order valence-corrected chi connectivity index (χ2v) is 13.0. The number of aromatic hydroxyl groups is 1. The van der Waals surface area contributed by atoms with E-state index in [4.69, 9.17) is 0 Å². The summed E-state index contributed by atoms with van der Waals surface area (Å²) >= 11 is 0. The molecule has 1 aromatic carbocycles. The van der Waals surface area contributed by atoms with Crippen molar-refractivity contribution in [2.75, 3.05) is 4.90 Å². The Morgan fingerprint density at radius 1 is 1.08 bits per heavy atom. The lowest BCUT2D eigenvalue weighted by molar-refractivity contribution is -0.194. The summed E-state index contributed by atoms with van der Waals surface area (Å²) in [5.41, 5.74) is 0.366. The Balaban J connectivity index is 1.50. The van der Waals surface area contributed by atoms with Crippen LogP contribution >= 0.6 is 0 Å². The van der Waals surface area contributed by atoms with E-state index in [1.54, 1.807) is 18.2 Å². The Kier molecular flexibility index (Phi) is 4.92. The van der Waals surface area contributed by atoms with E-state index < -0.39 is 22.7 Å². The van der Waals surface area contributed by atoms with Gasteiger partial charge in [-0.3, -0.25) is 14.4 Å². The first-order valence-electron chi connectivity index (χ1n) is 13.6. The molecule has 192 valence electrons. The summed E-state index contributed by atoms with van der Waals surface area (Å²) in [6.07, 6.45) is 7.30. The summed E-state index contributed by atoms with van der Waals surface area (Å²) in [6.45, 7) is 8.58. The van der Waals surface area contributed by atoms with Crippen LogP contribution in [0.3, 0.4) is 0 Å². The molecule has 0 aromatic heterocycles. The molecule has 4 fully saturated rings. The van der Waals surface area contributed by atoms with Gasteiger partial charge in [0.15, 0.2) is 0 Å². The summed E-state index contributed by atoms with van der Waals surface area (Å²) in [6, 6.07) is 6.43. The molecule has 2 amide bonds. The van der Waals surface area contributed by atoms with Crippen molar-refractivity contribution in [1.82, 2.24) is 0 Å². The number of nitrogens with zero attached hydrogens (tertiary/aromatic N) is 1. The predicted molar refractivity (Wildman–Crippen MR) is 135 cm³/mol. The van der Waals surface area contributed by atoms with Gasteiger partial charge in [0.2, 0.25) is 11.8 Å². The third-order valence-electron chi connectivity index (χ3n) is 11.2. The maximum absolute atomic E-state index is 14.2. The standard InChI is InChI=1S/C30H37NO5/c1-16(2)20-15-30-12-9-21-28(3,10-6-11-29(21,4)27(35)36)22(30)14-19(20)23-24(30)26(34)31(25(23)33)17-7-5-8-18(32)13-17/h5,7-8,13,15-16,19,21-24,32H,6,9-12,14H2,1-4H3,(H,35,36)/t19-,21-,22-,23+,24-,28-,29+,30+/m0/s1. The van der Waals surface area contributed by atoms with Gasteiger partial charge in [-0.2, -0.15) is 0 Å². The first kappa shape index (κ1) is 23.7. The minimum absolute atomic E-state index is 0.00535. The number of carbonyl (C=O) groups is 3. The topological polar surface area (TPSA) is 94.9 Å². The zero-order chi connectivity index (χ0) is 25.8. The average molecular weight is 492 g/mol. The SMILES string of the molecule is CC(C)C1=C[C@]23CC[C@H]4[C@](C)(CCC[C@@]4(C)C(=O)O)[C@@H]2C[C@@H]1[C@H]1C(=O)N(c2cccc(O)c2)C(=O)[C@H]13. The lowest BCUT2D eigenvalue weighted by atomic mass is 9.34. The van der Waals surface area contributed by atoms with Crippen molar-refractivity contribution in [3.8, 4) is 5.75 Å². The predicted octanol–water partition coefficient (Wildman–Crippen LogP) is 5.41. The summed E-state index contributed by atoms with van der Waals surface area (Å²) in [5.74, 6) is -1.24. The molecule has 5 aliphatic carbocycles. The fourth-order valence-corrected chi connectivity index (χ4v) is 9.84. The monoisotopic (exact) mass is 491 g/mol. The van der Waals surface area contributed by atoms with Crippen LogP contribution in [0, 0.1) is 51.8 Å². The average Bonchev–Trinajstić information content (AvgIpc) is 3.10. The van der Waals surface area contributed by atoms with E-state index in [0.29, 0.717) is 12.1 Å². The van der Waals surface area contributed by atoms with Crippen LogP contribution in [0.25, 0.3) is 0 Å². The summed E-state index contributed by atoms with van der Waals surface area (Å²) < 4.78 is 0. The fraction of sp³-hybridized carbons (Fsp3) is 0.633. The van der Waals surface area contributed by atoms with E-state index in [9.17, 15) is 24.6 Å². The highest BCUT2D eigenvalue weighted by molar-refractivity contribution is 6.23. The van der Waals surface area contributed by atoms with E-state index in [-0.39, 0.29) is 52.6 Å². The number of rotatable bonds is 3. The molecular formula is C30H37NO5. The number of allylic oxidation sites excluding steroid dienone is 2. The number of hydrogen-bond donors (Lipinski definition) is 2. The first-order valence-corrected chi connectivity index (χ1v) is 13.6. The third-order valence-corrected chi connectivity index (χ3v) is 11.2. The molecule has 1 saturated heterocycles.